The molecule has 0 radical (unpaired) electrons. The van der Waals surface area contributed by atoms with Crippen LogP contribution in [-0.2, 0) is 0 Å². The third-order valence-electron chi connectivity index (χ3n) is 6.34. The molecule has 1 aliphatic heterocycles. The fraction of sp³-hybridized carbons (Fsp3) is 1.00. The zero-order valence-electron chi connectivity index (χ0n) is 14.0. The Balaban J connectivity index is 1.71. The molecule has 3 fully saturated rings. The average Bonchev–Trinajstić information content (AvgIpc) is 3.27. The smallest absolute Gasteiger partial charge is 0.0335 e. The van der Waals surface area contributed by atoms with Crippen LogP contribution >= 0.6 is 0 Å². The Kier molecular flexibility index (Phi) is 3.92. The highest BCUT2D eigenvalue weighted by Gasteiger charge is 2.54. The van der Waals surface area contributed by atoms with Crippen molar-refractivity contribution in [2.45, 2.75) is 77.3 Å². The molecule has 1 N–H and O–H groups in total. The van der Waals surface area contributed by atoms with Crippen LogP contribution in [0.5, 0.6) is 0 Å². The Morgan fingerprint density at radius 2 is 1.80 bits per heavy atom. The van der Waals surface area contributed by atoms with E-state index in [9.17, 15) is 0 Å². The van der Waals surface area contributed by atoms with Crippen molar-refractivity contribution in [2.75, 3.05) is 19.6 Å². The van der Waals surface area contributed by atoms with Crippen molar-refractivity contribution >= 4 is 0 Å². The van der Waals surface area contributed by atoms with Crippen molar-refractivity contribution in [3.05, 3.63) is 0 Å². The molecule has 0 bridgehead atoms. The lowest BCUT2D eigenvalue weighted by molar-refractivity contribution is -0.0104. The van der Waals surface area contributed by atoms with E-state index in [-0.39, 0.29) is 0 Å². The van der Waals surface area contributed by atoms with Crippen molar-refractivity contribution in [3.63, 3.8) is 0 Å². The Morgan fingerprint density at radius 1 is 1.15 bits per heavy atom. The van der Waals surface area contributed by atoms with Gasteiger partial charge in [0.15, 0.2) is 0 Å². The predicted molar refractivity (Wildman–Crippen MR) is 85.9 cm³/mol. The molecule has 3 unspecified atom stereocenters. The zero-order valence-corrected chi connectivity index (χ0v) is 14.0. The van der Waals surface area contributed by atoms with Gasteiger partial charge in [-0.05, 0) is 63.7 Å². The average molecular weight is 278 g/mol. The molecule has 116 valence electrons. The van der Waals surface area contributed by atoms with E-state index in [4.69, 9.17) is 0 Å². The van der Waals surface area contributed by atoms with Crippen molar-refractivity contribution in [1.29, 1.82) is 0 Å². The maximum atomic E-state index is 3.96. The SMILES string of the molecule is CCCC(C)CN1CC(C)(C2CC2)NCC1(C)C1CC1. The molecule has 3 atom stereocenters. The molecule has 20 heavy (non-hydrogen) atoms. The highest BCUT2D eigenvalue weighted by atomic mass is 15.3. The molecule has 0 aromatic rings. The van der Waals surface area contributed by atoms with Gasteiger partial charge in [-0.3, -0.25) is 4.90 Å². The molecule has 2 saturated carbocycles. The van der Waals surface area contributed by atoms with Gasteiger partial charge in [0.1, 0.15) is 0 Å². The monoisotopic (exact) mass is 278 g/mol. The molecule has 0 aromatic heterocycles. The fourth-order valence-electron chi connectivity index (χ4n) is 4.46. The minimum absolute atomic E-state index is 0.389. The van der Waals surface area contributed by atoms with Gasteiger partial charge in [0.05, 0.1) is 0 Å². The fourth-order valence-corrected chi connectivity index (χ4v) is 4.46. The number of nitrogens with zero attached hydrogens (tertiary/aromatic N) is 1. The highest BCUT2D eigenvalue weighted by Crippen LogP contribution is 2.48. The van der Waals surface area contributed by atoms with Crippen molar-refractivity contribution in [3.8, 4) is 0 Å². The third kappa shape index (κ3) is 2.78. The first-order chi connectivity index (χ1) is 9.48. The van der Waals surface area contributed by atoms with E-state index >= 15 is 0 Å². The lowest BCUT2D eigenvalue weighted by Gasteiger charge is -2.54. The molecule has 2 nitrogen and oxygen atoms in total. The first kappa shape index (κ1) is 14.8. The first-order valence-electron chi connectivity index (χ1n) is 8.98. The van der Waals surface area contributed by atoms with Gasteiger partial charge in [0, 0.05) is 30.7 Å². The summed E-state index contributed by atoms with van der Waals surface area (Å²) in [5, 5.41) is 3.96. The van der Waals surface area contributed by atoms with Gasteiger partial charge in [0.2, 0.25) is 0 Å². The van der Waals surface area contributed by atoms with Gasteiger partial charge < -0.3 is 5.32 Å². The van der Waals surface area contributed by atoms with Gasteiger partial charge in [-0.15, -0.1) is 0 Å². The summed E-state index contributed by atoms with van der Waals surface area (Å²) in [6, 6.07) is 0. The van der Waals surface area contributed by atoms with Crippen LogP contribution in [0.25, 0.3) is 0 Å². The molecule has 3 rings (SSSR count). The molecule has 0 amide bonds. The Hall–Kier alpha value is -0.0800. The minimum Gasteiger partial charge on any atom is -0.308 e. The van der Waals surface area contributed by atoms with Crippen LogP contribution in [-0.4, -0.2) is 35.6 Å². The molecule has 3 aliphatic rings. The molecule has 1 heterocycles. The minimum atomic E-state index is 0.389. The zero-order chi connectivity index (χ0) is 14.4. The van der Waals surface area contributed by atoms with Gasteiger partial charge in [0.25, 0.3) is 0 Å². The second-order valence-corrected chi connectivity index (χ2v) is 8.45. The van der Waals surface area contributed by atoms with E-state index < -0.39 is 0 Å². The molecule has 2 aliphatic carbocycles. The lowest BCUT2D eigenvalue weighted by atomic mass is 9.82. The topological polar surface area (TPSA) is 15.3 Å². The van der Waals surface area contributed by atoms with E-state index in [1.165, 1.54) is 58.2 Å². The summed E-state index contributed by atoms with van der Waals surface area (Å²) in [6.45, 7) is 13.6. The maximum absolute atomic E-state index is 3.96. The van der Waals surface area contributed by atoms with Gasteiger partial charge in [-0.2, -0.15) is 0 Å². The normalized spacial score (nSPS) is 40.8. The van der Waals surface area contributed by atoms with Crippen LogP contribution in [0, 0.1) is 17.8 Å². The van der Waals surface area contributed by atoms with Crippen molar-refractivity contribution in [1.82, 2.24) is 10.2 Å². The Morgan fingerprint density at radius 3 is 2.35 bits per heavy atom. The van der Waals surface area contributed by atoms with E-state index in [0.29, 0.717) is 11.1 Å². The van der Waals surface area contributed by atoms with E-state index in [1.807, 2.05) is 0 Å². The quantitative estimate of drug-likeness (QED) is 0.797. The van der Waals surface area contributed by atoms with E-state index in [2.05, 4.69) is 37.9 Å². The van der Waals surface area contributed by atoms with Crippen LogP contribution in [0.1, 0.15) is 66.2 Å². The molecule has 1 saturated heterocycles. The first-order valence-corrected chi connectivity index (χ1v) is 8.98. The second-order valence-electron chi connectivity index (χ2n) is 8.45. The van der Waals surface area contributed by atoms with Crippen LogP contribution in [0.4, 0.5) is 0 Å². The Bertz CT molecular complexity index is 347. The number of piperazine rings is 1. The van der Waals surface area contributed by atoms with E-state index in [0.717, 1.165) is 17.8 Å². The largest absolute Gasteiger partial charge is 0.308 e. The summed E-state index contributed by atoms with van der Waals surface area (Å²) in [7, 11) is 0. The third-order valence-corrected chi connectivity index (χ3v) is 6.34. The number of nitrogens with one attached hydrogen (secondary N) is 1. The highest BCUT2D eigenvalue weighted by molar-refractivity contribution is 5.11. The van der Waals surface area contributed by atoms with Crippen LogP contribution in [0.2, 0.25) is 0 Å². The van der Waals surface area contributed by atoms with Gasteiger partial charge in [-0.25, -0.2) is 0 Å². The Labute approximate surface area is 125 Å². The van der Waals surface area contributed by atoms with Gasteiger partial charge in [-0.1, -0.05) is 20.3 Å². The van der Waals surface area contributed by atoms with Crippen LogP contribution < -0.4 is 5.32 Å². The molecular formula is C18H34N2. The molecular weight excluding hydrogens is 244 g/mol. The second kappa shape index (κ2) is 5.28. The number of rotatable bonds is 6. The molecule has 0 spiro atoms. The molecule has 2 heteroatoms. The van der Waals surface area contributed by atoms with Gasteiger partial charge >= 0.3 is 0 Å². The van der Waals surface area contributed by atoms with Crippen molar-refractivity contribution in [2.24, 2.45) is 17.8 Å². The standard InChI is InChI=1S/C18H34N2/c1-5-6-14(2)11-20-13-17(3,15-7-8-15)19-12-18(20,4)16-9-10-16/h14-16,19H,5-13H2,1-4H3. The van der Waals surface area contributed by atoms with Crippen molar-refractivity contribution < 1.29 is 0 Å². The number of hydrogen-bond donors (Lipinski definition) is 1. The summed E-state index contributed by atoms with van der Waals surface area (Å²) in [5.41, 5.74) is 0.816. The maximum Gasteiger partial charge on any atom is 0.0335 e. The summed E-state index contributed by atoms with van der Waals surface area (Å²) >= 11 is 0. The predicted octanol–water partition coefficient (Wildman–Crippen LogP) is 3.67. The van der Waals surface area contributed by atoms with Crippen LogP contribution in [0.15, 0.2) is 0 Å². The summed E-state index contributed by atoms with van der Waals surface area (Å²) in [6.07, 6.45) is 8.51. The summed E-state index contributed by atoms with van der Waals surface area (Å²) < 4.78 is 0. The summed E-state index contributed by atoms with van der Waals surface area (Å²) in [5.74, 6) is 2.74. The van der Waals surface area contributed by atoms with E-state index in [1.54, 1.807) is 0 Å². The summed E-state index contributed by atoms with van der Waals surface area (Å²) in [4.78, 5) is 2.89. The number of hydrogen-bond acceptors (Lipinski definition) is 2. The molecule has 0 aromatic carbocycles. The van der Waals surface area contributed by atoms with Crippen LogP contribution in [0.3, 0.4) is 0 Å². The lowest BCUT2D eigenvalue weighted by Crippen LogP contribution is -2.70.